The maximum Gasteiger partial charge on any atom is 0.256 e. The van der Waals surface area contributed by atoms with E-state index in [1.165, 1.54) is 5.56 Å². The Morgan fingerprint density at radius 2 is 1.62 bits per heavy atom. The molecule has 0 aliphatic carbocycles. The molecule has 1 aliphatic rings. The van der Waals surface area contributed by atoms with Gasteiger partial charge in [-0.2, -0.15) is 0 Å². The lowest BCUT2D eigenvalue weighted by atomic mass is 10.2. The number of aromatic nitrogens is 1. The first kappa shape index (κ1) is 19.7. The van der Waals surface area contributed by atoms with Gasteiger partial charge in [0.05, 0.1) is 5.56 Å². The van der Waals surface area contributed by atoms with E-state index in [-0.39, 0.29) is 5.91 Å². The van der Waals surface area contributed by atoms with E-state index in [2.05, 4.69) is 34.1 Å². The van der Waals surface area contributed by atoms with E-state index in [0.717, 1.165) is 49.1 Å². The topological polar surface area (TPSA) is 36.4 Å². The molecule has 1 amide bonds. The molecule has 5 heteroatoms. The van der Waals surface area contributed by atoms with Crippen molar-refractivity contribution in [1.82, 2.24) is 14.8 Å². The van der Waals surface area contributed by atoms with Crippen LogP contribution in [-0.2, 0) is 6.54 Å². The van der Waals surface area contributed by atoms with Crippen LogP contribution in [0.15, 0.2) is 88.9 Å². The van der Waals surface area contributed by atoms with Crippen LogP contribution in [0.5, 0.6) is 0 Å². The van der Waals surface area contributed by atoms with Gasteiger partial charge in [-0.15, -0.1) is 0 Å². The van der Waals surface area contributed by atoms with Gasteiger partial charge in [-0.1, -0.05) is 60.3 Å². The average Bonchev–Trinajstić information content (AvgIpc) is 3.01. The standard InChI is InChI=1S/C24H25N3OS/c28-24(22-13-7-14-25-23(22)29-21-11-5-2-6-12-21)27-16-8-15-26(17-18-27)19-20-9-3-1-4-10-20/h1-7,9-14H,8,15-19H2. The summed E-state index contributed by atoms with van der Waals surface area (Å²) in [4.78, 5) is 23.3. The number of hydrogen-bond acceptors (Lipinski definition) is 4. The highest BCUT2D eigenvalue weighted by Crippen LogP contribution is 2.29. The number of carbonyl (C=O) groups is 1. The van der Waals surface area contributed by atoms with Gasteiger partial charge in [0.15, 0.2) is 0 Å². The van der Waals surface area contributed by atoms with E-state index in [0.29, 0.717) is 5.56 Å². The molecule has 148 valence electrons. The van der Waals surface area contributed by atoms with Crippen LogP contribution in [0.4, 0.5) is 0 Å². The van der Waals surface area contributed by atoms with Crippen molar-refractivity contribution in [2.75, 3.05) is 26.2 Å². The van der Waals surface area contributed by atoms with Crippen LogP contribution in [-0.4, -0.2) is 46.9 Å². The predicted octanol–water partition coefficient (Wildman–Crippen LogP) is 4.58. The Morgan fingerprint density at radius 1 is 0.862 bits per heavy atom. The molecule has 4 nitrogen and oxygen atoms in total. The molecule has 2 heterocycles. The molecule has 0 unspecified atom stereocenters. The van der Waals surface area contributed by atoms with Crippen molar-refractivity contribution in [3.63, 3.8) is 0 Å². The van der Waals surface area contributed by atoms with Crippen molar-refractivity contribution in [2.45, 2.75) is 22.9 Å². The van der Waals surface area contributed by atoms with Crippen LogP contribution in [0.1, 0.15) is 22.3 Å². The highest BCUT2D eigenvalue weighted by molar-refractivity contribution is 7.99. The quantitative estimate of drug-likeness (QED) is 0.625. The predicted molar refractivity (Wildman–Crippen MR) is 117 cm³/mol. The van der Waals surface area contributed by atoms with Gasteiger partial charge in [0.2, 0.25) is 0 Å². The molecule has 1 fully saturated rings. The van der Waals surface area contributed by atoms with Gasteiger partial charge < -0.3 is 4.90 Å². The smallest absolute Gasteiger partial charge is 0.256 e. The number of carbonyl (C=O) groups excluding carboxylic acids is 1. The van der Waals surface area contributed by atoms with Gasteiger partial charge in [-0.3, -0.25) is 9.69 Å². The van der Waals surface area contributed by atoms with E-state index < -0.39 is 0 Å². The first-order valence-corrected chi connectivity index (χ1v) is 10.8. The number of hydrogen-bond donors (Lipinski definition) is 0. The maximum absolute atomic E-state index is 13.3. The number of pyridine rings is 1. The highest BCUT2D eigenvalue weighted by atomic mass is 32.2. The van der Waals surface area contributed by atoms with Gasteiger partial charge >= 0.3 is 0 Å². The normalized spacial score (nSPS) is 15.1. The molecule has 0 atom stereocenters. The van der Waals surface area contributed by atoms with Crippen LogP contribution in [0.2, 0.25) is 0 Å². The zero-order chi connectivity index (χ0) is 19.9. The molecule has 1 aromatic heterocycles. The Bertz CT molecular complexity index is 933. The number of rotatable bonds is 5. The van der Waals surface area contributed by atoms with Crippen LogP contribution in [0.25, 0.3) is 0 Å². The average molecular weight is 404 g/mol. The molecule has 29 heavy (non-hydrogen) atoms. The van der Waals surface area contributed by atoms with Crippen molar-refractivity contribution in [3.05, 3.63) is 90.1 Å². The largest absolute Gasteiger partial charge is 0.337 e. The van der Waals surface area contributed by atoms with Gasteiger partial charge in [0.1, 0.15) is 5.03 Å². The van der Waals surface area contributed by atoms with Crippen molar-refractivity contribution >= 4 is 17.7 Å². The Morgan fingerprint density at radius 3 is 2.41 bits per heavy atom. The van der Waals surface area contributed by atoms with E-state index in [1.54, 1.807) is 18.0 Å². The first-order valence-electron chi connectivity index (χ1n) is 10.0. The van der Waals surface area contributed by atoms with Gasteiger partial charge in [0.25, 0.3) is 5.91 Å². The molecule has 0 spiro atoms. The second-order valence-electron chi connectivity index (χ2n) is 7.18. The minimum Gasteiger partial charge on any atom is -0.337 e. The van der Waals surface area contributed by atoms with Crippen LogP contribution < -0.4 is 0 Å². The molecule has 0 saturated carbocycles. The molecule has 1 saturated heterocycles. The molecular formula is C24H25N3OS. The summed E-state index contributed by atoms with van der Waals surface area (Å²) in [6.07, 6.45) is 2.74. The third kappa shape index (κ3) is 5.25. The van der Waals surface area contributed by atoms with Crippen LogP contribution in [0.3, 0.4) is 0 Å². The van der Waals surface area contributed by atoms with Crippen molar-refractivity contribution in [2.24, 2.45) is 0 Å². The number of benzene rings is 2. The summed E-state index contributed by atoms with van der Waals surface area (Å²) < 4.78 is 0. The fourth-order valence-corrected chi connectivity index (χ4v) is 4.47. The maximum atomic E-state index is 13.3. The zero-order valence-electron chi connectivity index (χ0n) is 16.4. The summed E-state index contributed by atoms with van der Waals surface area (Å²) in [6.45, 7) is 4.37. The first-order chi connectivity index (χ1) is 14.3. The summed E-state index contributed by atoms with van der Waals surface area (Å²) in [6, 6.07) is 24.4. The molecular weight excluding hydrogens is 378 g/mol. The van der Waals surface area contributed by atoms with E-state index in [9.17, 15) is 4.79 Å². The SMILES string of the molecule is O=C(c1cccnc1Sc1ccccc1)N1CCCN(Cc2ccccc2)CC1. The van der Waals surface area contributed by atoms with E-state index in [4.69, 9.17) is 0 Å². The number of amides is 1. The van der Waals surface area contributed by atoms with Crippen molar-refractivity contribution in [3.8, 4) is 0 Å². The van der Waals surface area contributed by atoms with Gasteiger partial charge in [-0.05, 0) is 36.2 Å². The third-order valence-electron chi connectivity index (χ3n) is 5.08. The fraction of sp³-hybridized carbons (Fsp3) is 0.250. The summed E-state index contributed by atoms with van der Waals surface area (Å²) in [5.41, 5.74) is 2.01. The van der Waals surface area contributed by atoms with Crippen molar-refractivity contribution < 1.29 is 4.79 Å². The molecule has 0 bridgehead atoms. The van der Waals surface area contributed by atoms with Crippen LogP contribution in [0, 0.1) is 0 Å². The molecule has 4 rings (SSSR count). The van der Waals surface area contributed by atoms with Gasteiger partial charge in [-0.25, -0.2) is 4.98 Å². The molecule has 2 aromatic carbocycles. The molecule has 0 radical (unpaired) electrons. The van der Waals surface area contributed by atoms with Crippen LogP contribution >= 0.6 is 11.8 Å². The summed E-state index contributed by atoms with van der Waals surface area (Å²) in [5, 5.41) is 0.772. The fourth-order valence-electron chi connectivity index (χ4n) is 3.58. The van der Waals surface area contributed by atoms with E-state index >= 15 is 0 Å². The number of nitrogens with zero attached hydrogens (tertiary/aromatic N) is 3. The summed E-state index contributed by atoms with van der Waals surface area (Å²) in [5.74, 6) is 0.0816. The monoisotopic (exact) mass is 403 g/mol. The van der Waals surface area contributed by atoms with Crippen molar-refractivity contribution in [1.29, 1.82) is 0 Å². The summed E-state index contributed by atoms with van der Waals surface area (Å²) >= 11 is 1.55. The third-order valence-corrected chi connectivity index (χ3v) is 6.11. The minimum atomic E-state index is 0.0816. The summed E-state index contributed by atoms with van der Waals surface area (Å²) in [7, 11) is 0. The molecule has 0 N–H and O–H groups in total. The Kier molecular flexibility index (Phi) is 6.60. The zero-order valence-corrected chi connectivity index (χ0v) is 17.2. The lowest BCUT2D eigenvalue weighted by molar-refractivity contribution is 0.0757. The van der Waals surface area contributed by atoms with Gasteiger partial charge in [0, 0.05) is 43.8 Å². The Labute approximate surface area is 176 Å². The lowest BCUT2D eigenvalue weighted by Crippen LogP contribution is -2.35. The Balaban J connectivity index is 1.43. The second-order valence-corrected chi connectivity index (χ2v) is 8.24. The Hall–Kier alpha value is -2.63. The lowest BCUT2D eigenvalue weighted by Gasteiger charge is -2.22. The molecule has 1 aliphatic heterocycles. The minimum absolute atomic E-state index is 0.0816. The van der Waals surface area contributed by atoms with E-state index in [1.807, 2.05) is 53.4 Å². The molecule has 3 aromatic rings. The second kappa shape index (κ2) is 9.72. The highest BCUT2D eigenvalue weighted by Gasteiger charge is 2.23.